The van der Waals surface area contributed by atoms with E-state index in [2.05, 4.69) is 6.55 Å². The molecule has 0 spiro atoms. The van der Waals surface area contributed by atoms with Crippen molar-refractivity contribution < 1.29 is 13.9 Å². The van der Waals surface area contributed by atoms with Crippen LogP contribution < -0.4 is 0 Å². The van der Waals surface area contributed by atoms with Crippen LogP contribution in [-0.4, -0.2) is 41.2 Å². The Hall–Kier alpha value is 0.0969. The summed E-state index contributed by atoms with van der Waals surface area (Å²) in [4.78, 5) is 0. The van der Waals surface area contributed by atoms with E-state index in [1.54, 1.807) is 0 Å². The smallest absolute Gasteiger partial charge is 0.199 e. The SMILES string of the molecule is CCO[SiH](C)COCC1CO1. The van der Waals surface area contributed by atoms with Crippen LogP contribution >= 0.6 is 0 Å². The first-order chi connectivity index (χ1) is 5.33. The molecule has 0 radical (unpaired) electrons. The lowest BCUT2D eigenvalue weighted by atomic mass is 10.5. The van der Waals surface area contributed by atoms with Gasteiger partial charge in [0.15, 0.2) is 9.04 Å². The van der Waals surface area contributed by atoms with Crippen LogP contribution in [0.4, 0.5) is 0 Å². The maximum Gasteiger partial charge on any atom is 0.199 e. The Morgan fingerprint density at radius 1 is 1.64 bits per heavy atom. The average molecular weight is 176 g/mol. The van der Waals surface area contributed by atoms with Crippen molar-refractivity contribution >= 4 is 9.04 Å². The standard InChI is InChI=1S/C7H16O3Si/c1-3-10-11(2)6-8-4-7-5-9-7/h7,11H,3-6H2,1-2H3. The molecule has 4 heteroatoms. The second-order valence-corrected chi connectivity index (χ2v) is 5.05. The first-order valence-electron chi connectivity index (χ1n) is 4.14. The summed E-state index contributed by atoms with van der Waals surface area (Å²) >= 11 is 0. The summed E-state index contributed by atoms with van der Waals surface area (Å²) in [6.45, 7) is 6.62. The molecule has 2 atom stereocenters. The van der Waals surface area contributed by atoms with Gasteiger partial charge in [-0.05, 0) is 13.5 Å². The van der Waals surface area contributed by atoms with E-state index in [1.807, 2.05) is 6.92 Å². The minimum absolute atomic E-state index is 0.387. The Labute approximate surface area is 69.4 Å². The molecule has 0 aliphatic carbocycles. The van der Waals surface area contributed by atoms with E-state index in [0.29, 0.717) is 6.10 Å². The fourth-order valence-electron chi connectivity index (χ4n) is 0.862. The van der Waals surface area contributed by atoms with Crippen LogP contribution in [0.25, 0.3) is 0 Å². The van der Waals surface area contributed by atoms with Gasteiger partial charge in [0.2, 0.25) is 0 Å². The molecule has 0 amide bonds. The predicted molar refractivity (Wildman–Crippen MR) is 45.2 cm³/mol. The summed E-state index contributed by atoms with van der Waals surface area (Å²) in [5.74, 6) is 0. The van der Waals surface area contributed by atoms with E-state index in [-0.39, 0.29) is 0 Å². The number of rotatable bonds is 6. The maximum atomic E-state index is 5.42. The molecule has 0 aromatic carbocycles. The molecule has 0 aromatic rings. The Bertz CT molecular complexity index is 106. The van der Waals surface area contributed by atoms with Gasteiger partial charge >= 0.3 is 0 Å². The molecule has 1 aliphatic heterocycles. The largest absolute Gasteiger partial charge is 0.418 e. The van der Waals surface area contributed by atoms with Crippen LogP contribution in [-0.2, 0) is 13.9 Å². The average Bonchev–Trinajstić information content (AvgIpc) is 2.72. The highest BCUT2D eigenvalue weighted by atomic mass is 28.3. The third-order valence-corrected chi connectivity index (χ3v) is 3.12. The van der Waals surface area contributed by atoms with E-state index < -0.39 is 9.04 Å². The zero-order valence-electron chi connectivity index (χ0n) is 7.21. The van der Waals surface area contributed by atoms with Crippen molar-refractivity contribution in [3.05, 3.63) is 0 Å². The van der Waals surface area contributed by atoms with Gasteiger partial charge in [-0.25, -0.2) is 0 Å². The minimum Gasteiger partial charge on any atom is -0.418 e. The summed E-state index contributed by atoms with van der Waals surface area (Å²) in [7, 11) is -1.01. The summed E-state index contributed by atoms with van der Waals surface area (Å²) in [6.07, 6.45) is 1.20. The quantitative estimate of drug-likeness (QED) is 0.432. The normalized spacial score (nSPS) is 25.1. The van der Waals surface area contributed by atoms with Crippen molar-refractivity contribution in [3.8, 4) is 0 Å². The lowest BCUT2D eigenvalue weighted by Crippen LogP contribution is -2.22. The Morgan fingerprint density at radius 2 is 2.36 bits per heavy atom. The zero-order chi connectivity index (χ0) is 8.10. The second kappa shape index (κ2) is 4.87. The Balaban J connectivity index is 1.84. The lowest BCUT2D eigenvalue weighted by Gasteiger charge is -2.08. The minimum atomic E-state index is -1.01. The Morgan fingerprint density at radius 3 is 2.91 bits per heavy atom. The van der Waals surface area contributed by atoms with Crippen molar-refractivity contribution in [2.45, 2.75) is 19.6 Å². The highest BCUT2D eigenvalue weighted by Gasteiger charge is 2.22. The zero-order valence-corrected chi connectivity index (χ0v) is 8.36. The van der Waals surface area contributed by atoms with Crippen LogP contribution in [0.2, 0.25) is 6.55 Å². The number of hydrogen-bond donors (Lipinski definition) is 0. The molecule has 66 valence electrons. The molecule has 0 bridgehead atoms. The van der Waals surface area contributed by atoms with E-state index in [0.717, 1.165) is 26.1 Å². The van der Waals surface area contributed by atoms with Crippen LogP contribution in [0.3, 0.4) is 0 Å². The van der Waals surface area contributed by atoms with Gasteiger partial charge in [0, 0.05) is 6.61 Å². The lowest BCUT2D eigenvalue weighted by molar-refractivity contribution is 0.140. The number of ether oxygens (including phenoxy) is 2. The van der Waals surface area contributed by atoms with Crippen molar-refractivity contribution in [1.82, 2.24) is 0 Å². The van der Waals surface area contributed by atoms with Gasteiger partial charge in [-0.15, -0.1) is 0 Å². The molecular formula is C7H16O3Si. The molecule has 1 heterocycles. The first-order valence-corrected chi connectivity index (χ1v) is 6.58. The third kappa shape index (κ3) is 4.52. The maximum absolute atomic E-state index is 5.42. The van der Waals surface area contributed by atoms with Crippen molar-refractivity contribution in [2.24, 2.45) is 0 Å². The van der Waals surface area contributed by atoms with Gasteiger partial charge < -0.3 is 13.9 Å². The van der Waals surface area contributed by atoms with Crippen molar-refractivity contribution in [3.63, 3.8) is 0 Å². The molecule has 1 rings (SSSR count). The van der Waals surface area contributed by atoms with Crippen LogP contribution in [0.5, 0.6) is 0 Å². The molecule has 2 unspecified atom stereocenters. The molecule has 11 heavy (non-hydrogen) atoms. The second-order valence-electron chi connectivity index (χ2n) is 2.76. The molecule has 1 fully saturated rings. The first kappa shape index (κ1) is 9.19. The Kier molecular flexibility index (Phi) is 4.07. The molecule has 0 N–H and O–H groups in total. The van der Waals surface area contributed by atoms with Crippen molar-refractivity contribution in [2.75, 3.05) is 26.1 Å². The fraction of sp³-hybridized carbons (Fsp3) is 1.00. The monoisotopic (exact) mass is 176 g/mol. The van der Waals surface area contributed by atoms with Gasteiger partial charge in [0.25, 0.3) is 0 Å². The van der Waals surface area contributed by atoms with Gasteiger partial charge in [0.05, 0.1) is 19.4 Å². The molecule has 3 nitrogen and oxygen atoms in total. The van der Waals surface area contributed by atoms with E-state index in [1.165, 1.54) is 0 Å². The molecule has 0 aromatic heterocycles. The number of epoxide rings is 1. The van der Waals surface area contributed by atoms with Gasteiger partial charge in [-0.3, -0.25) is 0 Å². The van der Waals surface area contributed by atoms with Gasteiger partial charge in [0.1, 0.15) is 6.10 Å². The van der Waals surface area contributed by atoms with E-state index >= 15 is 0 Å². The third-order valence-electron chi connectivity index (χ3n) is 1.51. The fourth-order valence-corrected chi connectivity index (χ4v) is 2.00. The van der Waals surface area contributed by atoms with Crippen molar-refractivity contribution in [1.29, 1.82) is 0 Å². The van der Waals surface area contributed by atoms with Gasteiger partial charge in [-0.1, -0.05) is 0 Å². The summed E-state index contributed by atoms with van der Waals surface area (Å²) in [5, 5.41) is 0. The van der Waals surface area contributed by atoms with E-state index in [4.69, 9.17) is 13.9 Å². The summed E-state index contributed by atoms with van der Waals surface area (Å²) < 4.78 is 15.8. The highest BCUT2D eigenvalue weighted by Crippen LogP contribution is 2.08. The van der Waals surface area contributed by atoms with Crippen LogP contribution in [0.15, 0.2) is 0 Å². The molecule has 0 saturated carbocycles. The predicted octanol–water partition coefficient (Wildman–Crippen LogP) is 0.331. The molecular weight excluding hydrogens is 160 g/mol. The summed E-state index contributed by atoms with van der Waals surface area (Å²) in [6, 6.07) is 0. The number of hydrogen-bond acceptors (Lipinski definition) is 3. The highest BCUT2D eigenvalue weighted by molar-refractivity contribution is 6.50. The summed E-state index contributed by atoms with van der Waals surface area (Å²) in [5.41, 5.74) is 0. The molecule has 1 saturated heterocycles. The van der Waals surface area contributed by atoms with Crippen LogP contribution in [0, 0.1) is 0 Å². The van der Waals surface area contributed by atoms with E-state index in [9.17, 15) is 0 Å². The van der Waals surface area contributed by atoms with Gasteiger partial charge in [-0.2, -0.15) is 0 Å². The topological polar surface area (TPSA) is 31.0 Å². The molecule has 1 aliphatic rings. The van der Waals surface area contributed by atoms with Crippen LogP contribution in [0.1, 0.15) is 6.92 Å².